The number of nitrogens with zero attached hydrogens (tertiary/aromatic N) is 1. The number of carbonyl (C=O) groups is 1. The molecule has 0 amide bonds. The lowest BCUT2D eigenvalue weighted by Gasteiger charge is -2.35. The van der Waals surface area contributed by atoms with Crippen molar-refractivity contribution < 1.29 is 4.79 Å². The van der Waals surface area contributed by atoms with E-state index in [-0.39, 0.29) is 6.04 Å². The molecule has 0 bridgehead atoms. The van der Waals surface area contributed by atoms with E-state index in [2.05, 4.69) is 60.4 Å². The van der Waals surface area contributed by atoms with E-state index in [0.717, 1.165) is 25.1 Å². The van der Waals surface area contributed by atoms with Gasteiger partial charge in [-0.15, -0.1) is 0 Å². The van der Waals surface area contributed by atoms with Crippen molar-refractivity contribution in [1.82, 2.24) is 4.90 Å². The summed E-state index contributed by atoms with van der Waals surface area (Å²) in [6.45, 7) is 3.90. The van der Waals surface area contributed by atoms with Crippen LogP contribution in [0, 0.1) is 6.92 Å². The van der Waals surface area contributed by atoms with E-state index in [1.165, 1.54) is 11.1 Å². The van der Waals surface area contributed by atoms with Gasteiger partial charge in [0, 0.05) is 13.0 Å². The molecule has 1 saturated heterocycles. The monoisotopic (exact) mass is 279 g/mol. The van der Waals surface area contributed by atoms with Crippen LogP contribution in [-0.2, 0) is 11.3 Å². The molecule has 0 aromatic heterocycles. The zero-order valence-corrected chi connectivity index (χ0v) is 12.5. The van der Waals surface area contributed by atoms with Crippen LogP contribution in [0.25, 0.3) is 0 Å². The van der Waals surface area contributed by atoms with Crippen LogP contribution in [-0.4, -0.2) is 17.2 Å². The van der Waals surface area contributed by atoms with Crippen molar-refractivity contribution in [1.29, 1.82) is 0 Å². The third-order valence-corrected chi connectivity index (χ3v) is 4.16. The van der Waals surface area contributed by atoms with Gasteiger partial charge in [0.05, 0.1) is 6.04 Å². The molecule has 0 aliphatic carbocycles. The Morgan fingerprint density at radius 3 is 2.48 bits per heavy atom. The molecule has 1 unspecified atom stereocenters. The summed E-state index contributed by atoms with van der Waals surface area (Å²) in [5.41, 5.74) is 3.63. The maximum Gasteiger partial charge on any atom is 0.154 e. The number of ketones is 1. The summed E-state index contributed by atoms with van der Waals surface area (Å²) < 4.78 is 0. The fraction of sp³-hybridized carbons (Fsp3) is 0.316. The fourth-order valence-electron chi connectivity index (χ4n) is 3.06. The second-order valence-corrected chi connectivity index (χ2v) is 5.84. The Labute approximate surface area is 126 Å². The molecular formula is C19H21NO. The van der Waals surface area contributed by atoms with Gasteiger partial charge < -0.3 is 0 Å². The highest BCUT2D eigenvalue weighted by Crippen LogP contribution is 2.29. The molecule has 1 fully saturated rings. The third-order valence-electron chi connectivity index (χ3n) is 4.16. The predicted octanol–water partition coefficient (Wildman–Crippen LogP) is 3.90. The van der Waals surface area contributed by atoms with Crippen LogP contribution in [0.15, 0.2) is 54.6 Å². The Kier molecular flexibility index (Phi) is 4.16. The molecule has 0 radical (unpaired) electrons. The van der Waals surface area contributed by atoms with Crippen molar-refractivity contribution >= 4 is 5.78 Å². The molecule has 3 rings (SSSR count). The lowest BCUT2D eigenvalue weighted by molar-refractivity contribution is -0.127. The van der Waals surface area contributed by atoms with E-state index in [0.29, 0.717) is 12.2 Å². The largest absolute Gasteiger partial charge is 0.298 e. The zero-order chi connectivity index (χ0) is 14.7. The molecule has 1 atom stereocenters. The van der Waals surface area contributed by atoms with E-state index in [1.807, 2.05) is 6.07 Å². The van der Waals surface area contributed by atoms with Crippen molar-refractivity contribution in [3.63, 3.8) is 0 Å². The van der Waals surface area contributed by atoms with Gasteiger partial charge in [0.2, 0.25) is 0 Å². The third kappa shape index (κ3) is 3.22. The summed E-state index contributed by atoms with van der Waals surface area (Å²) in [6.07, 6.45) is 1.66. The lowest BCUT2D eigenvalue weighted by Crippen LogP contribution is -2.38. The van der Waals surface area contributed by atoms with Gasteiger partial charge in [0.1, 0.15) is 0 Å². The highest BCUT2D eigenvalue weighted by Gasteiger charge is 2.30. The Hall–Kier alpha value is -1.93. The summed E-state index contributed by atoms with van der Waals surface area (Å²) in [6, 6.07) is 18.7. The predicted molar refractivity (Wildman–Crippen MR) is 85.0 cm³/mol. The molecule has 2 nitrogen and oxygen atoms in total. The van der Waals surface area contributed by atoms with Crippen LogP contribution in [0.4, 0.5) is 0 Å². The lowest BCUT2D eigenvalue weighted by atomic mass is 9.93. The van der Waals surface area contributed by atoms with Gasteiger partial charge in [-0.25, -0.2) is 0 Å². The first-order valence-electron chi connectivity index (χ1n) is 7.61. The minimum Gasteiger partial charge on any atom is -0.298 e. The number of rotatable bonds is 3. The first kappa shape index (κ1) is 14.0. The van der Waals surface area contributed by atoms with Crippen LogP contribution in [0.3, 0.4) is 0 Å². The quantitative estimate of drug-likeness (QED) is 0.849. The average Bonchev–Trinajstić information content (AvgIpc) is 2.50. The standard InChI is InChI=1S/C19H21NO/c1-15-9-11-17(12-10-15)19-18(21)8-5-13-20(19)14-16-6-3-2-4-7-16/h2-4,6-7,9-12,19H,5,8,13-14H2,1H3. The van der Waals surface area contributed by atoms with Gasteiger partial charge in [0.25, 0.3) is 0 Å². The number of carbonyl (C=O) groups excluding carboxylic acids is 1. The van der Waals surface area contributed by atoms with Crippen molar-refractivity contribution in [2.24, 2.45) is 0 Å². The van der Waals surface area contributed by atoms with Gasteiger partial charge >= 0.3 is 0 Å². The van der Waals surface area contributed by atoms with Crippen LogP contribution < -0.4 is 0 Å². The number of piperidine rings is 1. The number of Topliss-reactive ketones (excluding diaryl/α,β-unsaturated/α-hetero) is 1. The van der Waals surface area contributed by atoms with Crippen LogP contribution in [0.2, 0.25) is 0 Å². The van der Waals surface area contributed by atoms with Crippen molar-refractivity contribution in [2.45, 2.75) is 32.4 Å². The molecule has 21 heavy (non-hydrogen) atoms. The SMILES string of the molecule is Cc1ccc(C2C(=O)CCCN2Cc2ccccc2)cc1. The van der Waals surface area contributed by atoms with E-state index < -0.39 is 0 Å². The first-order chi connectivity index (χ1) is 10.2. The summed E-state index contributed by atoms with van der Waals surface area (Å²) in [5, 5.41) is 0. The van der Waals surface area contributed by atoms with E-state index in [4.69, 9.17) is 0 Å². The molecule has 1 aliphatic heterocycles. The molecule has 0 saturated carbocycles. The Balaban J connectivity index is 1.86. The maximum atomic E-state index is 12.4. The molecule has 2 aromatic rings. The van der Waals surface area contributed by atoms with E-state index >= 15 is 0 Å². The summed E-state index contributed by atoms with van der Waals surface area (Å²) in [7, 11) is 0. The van der Waals surface area contributed by atoms with Crippen LogP contribution in [0.5, 0.6) is 0 Å². The molecular weight excluding hydrogens is 258 g/mol. The molecule has 2 heteroatoms. The van der Waals surface area contributed by atoms with E-state index in [9.17, 15) is 4.79 Å². The molecule has 1 aliphatic rings. The van der Waals surface area contributed by atoms with Gasteiger partial charge in [-0.1, -0.05) is 60.2 Å². The summed E-state index contributed by atoms with van der Waals surface area (Å²) in [5.74, 6) is 0.348. The summed E-state index contributed by atoms with van der Waals surface area (Å²) >= 11 is 0. The smallest absolute Gasteiger partial charge is 0.154 e. The molecule has 2 aromatic carbocycles. The second kappa shape index (κ2) is 6.23. The van der Waals surface area contributed by atoms with Gasteiger partial charge in [-0.05, 0) is 31.0 Å². The number of hydrogen-bond donors (Lipinski definition) is 0. The second-order valence-electron chi connectivity index (χ2n) is 5.84. The topological polar surface area (TPSA) is 20.3 Å². The highest BCUT2D eigenvalue weighted by atomic mass is 16.1. The van der Waals surface area contributed by atoms with Gasteiger partial charge in [-0.2, -0.15) is 0 Å². The molecule has 108 valence electrons. The number of benzene rings is 2. The number of hydrogen-bond acceptors (Lipinski definition) is 2. The Morgan fingerprint density at radius 2 is 1.76 bits per heavy atom. The average molecular weight is 279 g/mol. The van der Waals surface area contributed by atoms with Gasteiger partial charge in [0.15, 0.2) is 5.78 Å². The Morgan fingerprint density at radius 1 is 1.05 bits per heavy atom. The van der Waals surface area contributed by atoms with E-state index in [1.54, 1.807) is 0 Å². The normalized spacial score (nSPS) is 19.7. The van der Waals surface area contributed by atoms with Crippen molar-refractivity contribution in [3.8, 4) is 0 Å². The van der Waals surface area contributed by atoms with Crippen LogP contribution >= 0.6 is 0 Å². The number of aryl methyl sites for hydroxylation is 1. The first-order valence-corrected chi connectivity index (χ1v) is 7.61. The molecule has 1 heterocycles. The summed E-state index contributed by atoms with van der Waals surface area (Å²) in [4.78, 5) is 14.7. The zero-order valence-electron chi connectivity index (χ0n) is 12.5. The molecule has 0 N–H and O–H groups in total. The highest BCUT2D eigenvalue weighted by molar-refractivity contribution is 5.86. The Bertz CT molecular complexity index is 603. The minimum absolute atomic E-state index is 0.0837. The van der Waals surface area contributed by atoms with Crippen molar-refractivity contribution in [3.05, 3.63) is 71.3 Å². The van der Waals surface area contributed by atoms with Crippen molar-refractivity contribution in [2.75, 3.05) is 6.54 Å². The maximum absolute atomic E-state index is 12.4. The fourth-order valence-corrected chi connectivity index (χ4v) is 3.06. The number of likely N-dealkylation sites (tertiary alicyclic amines) is 1. The van der Waals surface area contributed by atoms with Crippen LogP contribution in [0.1, 0.15) is 35.6 Å². The molecule has 0 spiro atoms. The van der Waals surface area contributed by atoms with Gasteiger partial charge in [-0.3, -0.25) is 9.69 Å². The minimum atomic E-state index is -0.0837.